The van der Waals surface area contributed by atoms with Crippen molar-refractivity contribution in [3.63, 3.8) is 0 Å². The Morgan fingerprint density at radius 1 is 0.737 bits per heavy atom. The zero-order valence-electron chi connectivity index (χ0n) is 25.4. The van der Waals surface area contributed by atoms with Crippen LogP contribution in [0, 0.1) is 21.7 Å². The van der Waals surface area contributed by atoms with Crippen LogP contribution in [0.1, 0.15) is 98.8 Å². The topological polar surface area (TPSA) is 72.9 Å². The van der Waals surface area contributed by atoms with Crippen LogP contribution in [0.25, 0.3) is 0 Å². The predicted molar refractivity (Wildman–Crippen MR) is 156 cm³/mol. The van der Waals surface area contributed by atoms with E-state index in [0.717, 1.165) is 84.0 Å². The smallest absolute Gasteiger partial charge is 0.310 e. The van der Waals surface area contributed by atoms with Crippen LogP contribution in [-0.2, 0) is 9.59 Å². The molecule has 2 atom stereocenters. The van der Waals surface area contributed by atoms with E-state index < -0.39 is 11.4 Å². The summed E-state index contributed by atoms with van der Waals surface area (Å²) in [6.07, 6.45) is 19.2. The van der Waals surface area contributed by atoms with E-state index in [4.69, 9.17) is 0 Å². The van der Waals surface area contributed by atoms with E-state index in [2.05, 4.69) is 88.1 Å². The van der Waals surface area contributed by atoms with E-state index in [0.29, 0.717) is 0 Å². The van der Waals surface area contributed by atoms with Gasteiger partial charge in [-0.1, -0.05) is 38.2 Å². The molecule has 0 aromatic heterocycles. The maximum atomic E-state index is 13.2. The first-order valence-electron chi connectivity index (χ1n) is 15.0. The Hall–Kier alpha value is -1.66. The third-order valence-corrected chi connectivity index (χ3v) is 10.3. The van der Waals surface area contributed by atoms with Crippen LogP contribution in [0.4, 0.5) is 0 Å². The van der Waals surface area contributed by atoms with Gasteiger partial charge in [-0.3, -0.25) is 9.59 Å². The molecule has 2 heterocycles. The summed E-state index contributed by atoms with van der Waals surface area (Å²) in [5.74, 6) is -0.336. The second-order valence-corrected chi connectivity index (χ2v) is 14.2. The molecule has 4 rings (SSSR count). The molecule has 0 bridgehead atoms. The number of aliphatic carboxylic acids is 1. The summed E-state index contributed by atoms with van der Waals surface area (Å²) in [6.45, 7) is 14.5. The maximum absolute atomic E-state index is 13.2. The van der Waals surface area contributed by atoms with Gasteiger partial charge < -0.3 is 20.2 Å². The fraction of sp³-hybridized carbons (Fsp3) is 0.812. The Kier molecular flexibility index (Phi) is 9.62. The van der Waals surface area contributed by atoms with Crippen molar-refractivity contribution < 1.29 is 14.7 Å². The van der Waals surface area contributed by atoms with Crippen LogP contribution < -0.4 is 5.32 Å². The summed E-state index contributed by atoms with van der Waals surface area (Å²) < 4.78 is 0. The molecule has 2 fully saturated rings. The highest BCUT2D eigenvalue weighted by Gasteiger charge is 2.54. The molecule has 4 aliphatic rings. The van der Waals surface area contributed by atoms with Gasteiger partial charge in [-0.2, -0.15) is 0 Å². The number of rotatable bonds is 4. The van der Waals surface area contributed by atoms with E-state index >= 15 is 0 Å². The van der Waals surface area contributed by atoms with Gasteiger partial charge in [0.15, 0.2) is 0 Å². The molecule has 2 N–H and O–H groups in total. The molecule has 2 aliphatic carbocycles. The van der Waals surface area contributed by atoms with Crippen molar-refractivity contribution in [2.45, 2.75) is 104 Å². The predicted octanol–water partition coefficient (Wildman–Crippen LogP) is 5.89. The van der Waals surface area contributed by atoms with Crippen molar-refractivity contribution in [1.82, 2.24) is 15.1 Å². The maximum Gasteiger partial charge on any atom is 0.310 e. The summed E-state index contributed by atoms with van der Waals surface area (Å²) >= 11 is 0. The fourth-order valence-electron chi connectivity index (χ4n) is 7.37. The van der Waals surface area contributed by atoms with Gasteiger partial charge in [0.25, 0.3) is 0 Å². The highest BCUT2D eigenvalue weighted by atomic mass is 16.4. The molecule has 6 heteroatoms. The Labute approximate surface area is 232 Å². The molecule has 0 aromatic carbocycles. The molecule has 6 nitrogen and oxygen atoms in total. The van der Waals surface area contributed by atoms with Gasteiger partial charge in [-0.25, -0.2) is 0 Å². The van der Waals surface area contributed by atoms with E-state index in [1.165, 1.54) is 6.42 Å². The molecule has 2 aliphatic heterocycles. The fourth-order valence-corrected chi connectivity index (χ4v) is 7.37. The minimum absolute atomic E-state index is 0.00183. The highest BCUT2D eigenvalue weighted by Crippen LogP contribution is 2.54. The molecule has 0 spiro atoms. The molecule has 1 amide bonds. The molecule has 2 unspecified atom stereocenters. The second kappa shape index (κ2) is 11.8. The van der Waals surface area contributed by atoms with Crippen molar-refractivity contribution in [2.75, 3.05) is 40.3 Å². The second-order valence-electron chi connectivity index (χ2n) is 14.2. The summed E-state index contributed by atoms with van der Waals surface area (Å²) in [5, 5.41) is 13.0. The zero-order chi connectivity index (χ0) is 28.2. The Morgan fingerprint density at radius 3 is 1.47 bits per heavy atom. The van der Waals surface area contributed by atoms with Crippen molar-refractivity contribution in [3.8, 4) is 0 Å². The zero-order valence-corrected chi connectivity index (χ0v) is 25.4. The lowest BCUT2D eigenvalue weighted by atomic mass is 9.56. The number of likely N-dealkylation sites (tertiary alicyclic amines) is 2. The van der Waals surface area contributed by atoms with Crippen molar-refractivity contribution in [2.24, 2.45) is 21.7 Å². The average molecular weight is 530 g/mol. The first kappa shape index (κ1) is 30.9. The van der Waals surface area contributed by atoms with Crippen molar-refractivity contribution in [1.29, 1.82) is 0 Å². The molecular weight excluding hydrogens is 474 g/mol. The largest absolute Gasteiger partial charge is 0.481 e. The Bertz CT molecular complexity index is 888. The lowest BCUT2D eigenvalue weighted by Crippen LogP contribution is -2.59. The quantitative estimate of drug-likeness (QED) is 0.444. The van der Waals surface area contributed by atoms with Gasteiger partial charge in [0, 0.05) is 11.0 Å². The van der Waals surface area contributed by atoms with E-state index in [1.807, 2.05) is 0 Å². The summed E-state index contributed by atoms with van der Waals surface area (Å²) in [4.78, 5) is 29.6. The first-order valence-corrected chi connectivity index (χ1v) is 15.0. The number of nitrogens with one attached hydrogen (secondary N) is 1. The number of nitrogens with zero attached hydrogens (tertiary/aromatic N) is 2. The van der Waals surface area contributed by atoms with Crippen LogP contribution in [0.15, 0.2) is 24.3 Å². The van der Waals surface area contributed by atoms with Gasteiger partial charge in [0.05, 0.1) is 10.8 Å². The minimum atomic E-state index is -0.598. The van der Waals surface area contributed by atoms with E-state index in [1.54, 1.807) is 0 Å². The minimum Gasteiger partial charge on any atom is -0.481 e. The van der Waals surface area contributed by atoms with Crippen LogP contribution in [0.5, 0.6) is 0 Å². The summed E-state index contributed by atoms with van der Waals surface area (Å²) in [5.41, 5.74) is -1.11. The number of carboxylic acids is 1. The van der Waals surface area contributed by atoms with Crippen LogP contribution in [0.2, 0.25) is 0 Å². The number of allylic oxidation sites excluding steroid dienone is 4. The van der Waals surface area contributed by atoms with Gasteiger partial charge in [-0.15, -0.1) is 0 Å². The Balaban J connectivity index is 0.000000215. The lowest BCUT2D eigenvalue weighted by Gasteiger charge is -2.51. The molecule has 0 saturated carbocycles. The standard InChI is InChI=1S/C18H32N2O.C14H23NO2/c1-16(2,3)19-15(21)18(11-13-20(5)14-12-18)17(4)9-7-6-8-10-17;1-13(6-4-3-5-7-13)14(12(16)17)8-10-15(2)11-9-14/h7,9H,6,8,10-14H2,1-5H3,(H,19,21);4,6H,3,5,7-11H2,1-2H3,(H,16,17). The number of hydrogen-bond acceptors (Lipinski definition) is 4. The normalized spacial score (nSPS) is 31.7. The number of piperidine rings is 2. The first-order chi connectivity index (χ1) is 17.7. The third-order valence-electron chi connectivity index (χ3n) is 10.3. The van der Waals surface area contributed by atoms with Crippen molar-refractivity contribution in [3.05, 3.63) is 24.3 Å². The highest BCUT2D eigenvalue weighted by molar-refractivity contribution is 5.84. The monoisotopic (exact) mass is 529 g/mol. The molecular formula is C32H55N3O3. The van der Waals surface area contributed by atoms with Crippen molar-refractivity contribution >= 4 is 11.9 Å². The van der Waals surface area contributed by atoms with Gasteiger partial charge >= 0.3 is 5.97 Å². The third kappa shape index (κ3) is 6.38. The number of amides is 1. The molecule has 38 heavy (non-hydrogen) atoms. The number of carbonyl (C=O) groups is 2. The molecule has 2 saturated heterocycles. The van der Waals surface area contributed by atoms with Gasteiger partial charge in [0.1, 0.15) is 0 Å². The molecule has 0 radical (unpaired) electrons. The molecule has 216 valence electrons. The van der Waals surface area contributed by atoms with E-state index in [-0.39, 0.29) is 27.7 Å². The molecule has 0 aromatic rings. The van der Waals surface area contributed by atoms with Crippen LogP contribution in [-0.4, -0.2) is 72.6 Å². The SMILES string of the molecule is CN1CCC(C(=O)NC(C)(C)C)(C2(C)C=CCCC2)CC1.CN1CCC(C(=O)O)(C2(C)C=CCCC2)CC1. The van der Waals surface area contributed by atoms with Crippen LogP contribution in [0.3, 0.4) is 0 Å². The lowest BCUT2D eigenvalue weighted by molar-refractivity contribution is -0.160. The Morgan fingerprint density at radius 2 is 1.13 bits per heavy atom. The number of carboxylic acid groups (broad SMARTS) is 1. The van der Waals surface area contributed by atoms with E-state index in [9.17, 15) is 14.7 Å². The summed E-state index contributed by atoms with van der Waals surface area (Å²) in [6, 6.07) is 0. The average Bonchev–Trinajstić information content (AvgIpc) is 2.85. The number of hydrogen-bond donors (Lipinski definition) is 2. The van der Waals surface area contributed by atoms with Gasteiger partial charge in [-0.05, 0) is 131 Å². The van der Waals surface area contributed by atoms with Crippen LogP contribution >= 0.6 is 0 Å². The summed E-state index contributed by atoms with van der Waals surface area (Å²) in [7, 11) is 4.23. The number of carbonyl (C=O) groups excluding carboxylic acids is 1. The van der Waals surface area contributed by atoms with Gasteiger partial charge in [0.2, 0.25) is 5.91 Å².